The fraction of sp³-hybridized carbons (Fsp3) is 0.227. The predicted molar refractivity (Wildman–Crippen MR) is 114 cm³/mol. The molecule has 1 aromatic carbocycles. The fourth-order valence-electron chi connectivity index (χ4n) is 3.88. The molecule has 9 heteroatoms. The number of thiazole rings is 1. The standard InChI is InChI=1S/C22H19FN4O3S/c23-17-5-3-14(4-6-17)18-19(27-9-11-31-22(27)24-18)25-20(28)15-2-1-8-26(12-15)21(29)16-7-10-30-13-16/h3-7,9-11,13,15H,1-2,8,12H2,(H,25,28). The van der Waals surface area contributed by atoms with Crippen LogP contribution in [0.25, 0.3) is 16.2 Å². The van der Waals surface area contributed by atoms with Crippen molar-refractivity contribution in [2.24, 2.45) is 5.92 Å². The summed E-state index contributed by atoms with van der Waals surface area (Å²) in [6.07, 6.45) is 6.15. The van der Waals surface area contributed by atoms with Gasteiger partial charge in [-0.05, 0) is 43.2 Å². The van der Waals surface area contributed by atoms with E-state index in [4.69, 9.17) is 4.42 Å². The molecule has 1 N–H and O–H groups in total. The van der Waals surface area contributed by atoms with Crippen LogP contribution in [-0.2, 0) is 4.79 Å². The smallest absolute Gasteiger partial charge is 0.257 e. The van der Waals surface area contributed by atoms with E-state index in [-0.39, 0.29) is 23.5 Å². The molecule has 0 aliphatic carbocycles. The molecule has 4 heterocycles. The van der Waals surface area contributed by atoms with Gasteiger partial charge in [0.1, 0.15) is 23.6 Å². The van der Waals surface area contributed by atoms with E-state index in [1.54, 1.807) is 23.1 Å². The van der Waals surface area contributed by atoms with Crippen LogP contribution in [0.1, 0.15) is 23.2 Å². The lowest BCUT2D eigenvalue weighted by molar-refractivity contribution is -0.121. The quantitative estimate of drug-likeness (QED) is 0.516. The van der Waals surface area contributed by atoms with Gasteiger partial charge < -0.3 is 14.6 Å². The van der Waals surface area contributed by atoms with Crippen LogP contribution in [0.3, 0.4) is 0 Å². The van der Waals surface area contributed by atoms with Crippen LogP contribution in [0.4, 0.5) is 10.2 Å². The van der Waals surface area contributed by atoms with Crippen LogP contribution in [0.5, 0.6) is 0 Å². The number of rotatable bonds is 4. The number of imidazole rings is 1. The summed E-state index contributed by atoms with van der Waals surface area (Å²) < 4.78 is 20.2. The lowest BCUT2D eigenvalue weighted by Gasteiger charge is -2.31. The van der Waals surface area contributed by atoms with E-state index in [1.165, 1.54) is 36.0 Å². The molecule has 0 bridgehead atoms. The molecule has 1 unspecified atom stereocenters. The van der Waals surface area contributed by atoms with Crippen molar-refractivity contribution in [1.82, 2.24) is 14.3 Å². The van der Waals surface area contributed by atoms with Gasteiger partial charge in [0.15, 0.2) is 4.96 Å². The number of likely N-dealkylation sites (tertiary alicyclic amines) is 1. The second-order valence-corrected chi connectivity index (χ2v) is 8.34. The number of hydrogen-bond donors (Lipinski definition) is 1. The highest BCUT2D eigenvalue weighted by Crippen LogP contribution is 2.32. The molecular formula is C22H19FN4O3S. The first-order valence-electron chi connectivity index (χ1n) is 9.94. The second-order valence-electron chi connectivity index (χ2n) is 7.46. The van der Waals surface area contributed by atoms with E-state index in [9.17, 15) is 14.0 Å². The van der Waals surface area contributed by atoms with Crippen molar-refractivity contribution in [2.45, 2.75) is 12.8 Å². The van der Waals surface area contributed by atoms with E-state index >= 15 is 0 Å². The first kappa shape index (κ1) is 19.5. The van der Waals surface area contributed by atoms with Crippen LogP contribution < -0.4 is 5.32 Å². The predicted octanol–water partition coefficient (Wildman–Crippen LogP) is 4.29. The van der Waals surface area contributed by atoms with Gasteiger partial charge in [0, 0.05) is 30.2 Å². The van der Waals surface area contributed by atoms with Crippen molar-refractivity contribution in [1.29, 1.82) is 0 Å². The molecule has 4 aromatic rings. The number of benzene rings is 1. The molecular weight excluding hydrogens is 419 g/mol. The Bertz CT molecular complexity index is 1230. The molecule has 0 radical (unpaired) electrons. The highest BCUT2D eigenvalue weighted by Gasteiger charge is 2.30. The number of nitrogens with one attached hydrogen (secondary N) is 1. The van der Waals surface area contributed by atoms with Crippen molar-refractivity contribution in [2.75, 3.05) is 18.4 Å². The second kappa shape index (κ2) is 7.99. The third kappa shape index (κ3) is 3.72. The first-order valence-corrected chi connectivity index (χ1v) is 10.8. The summed E-state index contributed by atoms with van der Waals surface area (Å²) in [6, 6.07) is 7.65. The Morgan fingerprint density at radius 1 is 1.23 bits per heavy atom. The van der Waals surface area contributed by atoms with Gasteiger partial charge in [0.2, 0.25) is 5.91 Å². The monoisotopic (exact) mass is 438 g/mol. The Kier molecular flexibility index (Phi) is 5.03. The average molecular weight is 438 g/mol. The molecule has 2 amide bonds. The summed E-state index contributed by atoms with van der Waals surface area (Å²) in [5.74, 6) is -0.426. The maximum absolute atomic E-state index is 13.4. The number of carbonyl (C=O) groups excluding carboxylic acids is 2. The number of furan rings is 1. The van der Waals surface area contributed by atoms with Crippen LogP contribution in [0, 0.1) is 11.7 Å². The minimum absolute atomic E-state index is 0.136. The van der Waals surface area contributed by atoms with Crippen molar-refractivity contribution in [3.63, 3.8) is 0 Å². The minimum atomic E-state index is -0.338. The number of piperidine rings is 1. The van der Waals surface area contributed by atoms with E-state index in [0.29, 0.717) is 42.1 Å². The molecule has 1 saturated heterocycles. The number of carbonyl (C=O) groups is 2. The van der Waals surface area contributed by atoms with Gasteiger partial charge >= 0.3 is 0 Å². The molecule has 0 saturated carbocycles. The lowest BCUT2D eigenvalue weighted by atomic mass is 9.96. The number of nitrogens with zero attached hydrogens (tertiary/aromatic N) is 3. The SMILES string of the molecule is O=C(Nc1c(-c2ccc(F)cc2)nc2sccn12)C1CCCN(C(=O)c2ccoc2)C1. The van der Waals surface area contributed by atoms with Crippen molar-refractivity contribution in [3.05, 3.63) is 65.8 Å². The van der Waals surface area contributed by atoms with Crippen LogP contribution in [0.2, 0.25) is 0 Å². The summed E-state index contributed by atoms with van der Waals surface area (Å²) in [5, 5.41) is 4.90. The topological polar surface area (TPSA) is 79.9 Å². The number of anilines is 1. The van der Waals surface area contributed by atoms with Crippen molar-refractivity contribution in [3.8, 4) is 11.3 Å². The van der Waals surface area contributed by atoms with Crippen molar-refractivity contribution < 1.29 is 18.4 Å². The van der Waals surface area contributed by atoms with Crippen LogP contribution >= 0.6 is 11.3 Å². The molecule has 1 aliphatic rings. The summed E-state index contributed by atoms with van der Waals surface area (Å²) in [7, 11) is 0. The highest BCUT2D eigenvalue weighted by molar-refractivity contribution is 7.15. The molecule has 0 spiro atoms. The summed E-state index contributed by atoms with van der Waals surface area (Å²) in [6.45, 7) is 0.948. The zero-order valence-corrected chi connectivity index (χ0v) is 17.3. The molecule has 5 rings (SSSR count). The number of hydrogen-bond acceptors (Lipinski definition) is 5. The zero-order valence-electron chi connectivity index (χ0n) is 16.5. The Balaban J connectivity index is 1.39. The molecule has 3 aromatic heterocycles. The summed E-state index contributed by atoms with van der Waals surface area (Å²) in [5.41, 5.74) is 1.78. The van der Waals surface area contributed by atoms with Gasteiger partial charge in [-0.2, -0.15) is 0 Å². The molecule has 158 valence electrons. The third-order valence-electron chi connectivity index (χ3n) is 5.47. The summed E-state index contributed by atoms with van der Waals surface area (Å²) >= 11 is 1.45. The van der Waals surface area contributed by atoms with Crippen molar-refractivity contribution >= 4 is 33.9 Å². The fourth-order valence-corrected chi connectivity index (χ4v) is 4.59. The van der Waals surface area contributed by atoms with Gasteiger partial charge in [-0.25, -0.2) is 9.37 Å². The zero-order chi connectivity index (χ0) is 21.4. The molecule has 31 heavy (non-hydrogen) atoms. The average Bonchev–Trinajstić information content (AvgIpc) is 3.53. The normalized spacial score (nSPS) is 16.5. The van der Waals surface area contributed by atoms with Gasteiger partial charge in [-0.15, -0.1) is 11.3 Å². The van der Waals surface area contributed by atoms with E-state index < -0.39 is 0 Å². The maximum Gasteiger partial charge on any atom is 0.257 e. The maximum atomic E-state index is 13.4. The molecule has 1 fully saturated rings. The molecule has 1 atom stereocenters. The molecule has 7 nitrogen and oxygen atoms in total. The lowest BCUT2D eigenvalue weighted by Crippen LogP contribution is -2.43. The number of halogens is 1. The Labute approximate surface area is 181 Å². The molecule has 1 aliphatic heterocycles. The van der Waals surface area contributed by atoms with Gasteiger partial charge in [-0.1, -0.05) is 0 Å². The van der Waals surface area contributed by atoms with E-state index in [2.05, 4.69) is 10.3 Å². The Morgan fingerprint density at radius 2 is 2.06 bits per heavy atom. The minimum Gasteiger partial charge on any atom is -0.472 e. The first-order chi connectivity index (χ1) is 15.1. The van der Waals surface area contributed by atoms with Gasteiger partial charge in [0.05, 0.1) is 17.7 Å². The number of aromatic nitrogens is 2. The van der Waals surface area contributed by atoms with E-state index in [1.807, 2.05) is 16.0 Å². The third-order valence-corrected chi connectivity index (χ3v) is 6.23. The van der Waals surface area contributed by atoms with E-state index in [0.717, 1.165) is 11.4 Å². The van der Waals surface area contributed by atoms with Crippen LogP contribution in [0.15, 0.2) is 58.9 Å². The Hall–Kier alpha value is -3.46. The Morgan fingerprint density at radius 3 is 2.84 bits per heavy atom. The number of fused-ring (bicyclic) bond motifs is 1. The van der Waals surface area contributed by atoms with Crippen LogP contribution in [-0.4, -0.2) is 39.2 Å². The van der Waals surface area contributed by atoms with Gasteiger partial charge in [-0.3, -0.25) is 14.0 Å². The summed E-state index contributed by atoms with van der Waals surface area (Å²) in [4.78, 5) is 32.8. The largest absolute Gasteiger partial charge is 0.472 e. The number of amides is 2. The highest BCUT2D eigenvalue weighted by atomic mass is 32.1. The van der Waals surface area contributed by atoms with Gasteiger partial charge in [0.25, 0.3) is 5.91 Å².